The van der Waals surface area contributed by atoms with Crippen LogP contribution in [0.1, 0.15) is 6.42 Å². The smallest absolute Gasteiger partial charge is 0.211 e. The SMILES string of the molecule is N#C/N=C(\NCCCN[S+]([O-])c1ccccc1-c1ccccc1)Nc1ccncc1. The number of nitrogens with one attached hydrogen (secondary N) is 3. The standard InChI is InChI=1S/C22H22N6OS/c23-17-26-22(28-19-11-15-24-16-12-19)25-13-6-14-27-30(29)21-10-5-4-9-20(21)18-7-2-1-3-8-18/h1-5,7-12,15-16,27H,6,13-14H2,(H2,24,25,26,28). The van der Waals surface area contributed by atoms with Gasteiger partial charge in [0.2, 0.25) is 12.2 Å². The predicted octanol–water partition coefficient (Wildman–Crippen LogP) is 3.29. The average Bonchev–Trinajstić information content (AvgIpc) is 2.80. The molecule has 0 spiro atoms. The number of rotatable bonds is 8. The van der Waals surface area contributed by atoms with Crippen LogP contribution >= 0.6 is 0 Å². The third-order valence-corrected chi connectivity index (χ3v) is 5.38. The van der Waals surface area contributed by atoms with Gasteiger partial charge in [-0.1, -0.05) is 42.5 Å². The van der Waals surface area contributed by atoms with Crippen molar-refractivity contribution in [1.82, 2.24) is 15.0 Å². The van der Waals surface area contributed by atoms with Crippen LogP contribution in [0.4, 0.5) is 5.69 Å². The Kier molecular flexibility index (Phi) is 8.23. The van der Waals surface area contributed by atoms with Gasteiger partial charge in [0.1, 0.15) is 0 Å². The van der Waals surface area contributed by atoms with E-state index in [9.17, 15) is 4.55 Å². The number of anilines is 1. The van der Waals surface area contributed by atoms with Crippen molar-refractivity contribution in [3.8, 4) is 17.3 Å². The first-order valence-corrected chi connectivity index (χ1v) is 10.6. The number of hydrogen-bond acceptors (Lipinski definition) is 5. The van der Waals surface area contributed by atoms with Crippen molar-refractivity contribution in [3.63, 3.8) is 0 Å². The van der Waals surface area contributed by atoms with Gasteiger partial charge >= 0.3 is 0 Å². The molecule has 0 bridgehead atoms. The summed E-state index contributed by atoms with van der Waals surface area (Å²) in [5.74, 6) is 0.360. The van der Waals surface area contributed by atoms with Gasteiger partial charge in [0.25, 0.3) is 0 Å². The largest absolute Gasteiger partial charge is 0.593 e. The predicted molar refractivity (Wildman–Crippen MR) is 120 cm³/mol. The van der Waals surface area contributed by atoms with Gasteiger partial charge in [0.05, 0.1) is 11.4 Å². The van der Waals surface area contributed by atoms with Crippen molar-refractivity contribution in [2.24, 2.45) is 4.99 Å². The second kappa shape index (κ2) is 11.6. The van der Waals surface area contributed by atoms with Crippen LogP contribution in [-0.4, -0.2) is 28.6 Å². The molecule has 152 valence electrons. The number of nitrogens with zero attached hydrogens (tertiary/aromatic N) is 3. The molecule has 0 aliphatic heterocycles. The minimum absolute atomic E-state index is 0.360. The van der Waals surface area contributed by atoms with Crippen LogP contribution in [-0.2, 0) is 11.4 Å². The molecule has 0 aliphatic carbocycles. The highest BCUT2D eigenvalue weighted by atomic mass is 32.2. The molecule has 8 heteroatoms. The Balaban J connectivity index is 1.49. The van der Waals surface area contributed by atoms with Crippen molar-refractivity contribution in [3.05, 3.63) is 79.1 Å². The summed E-state index contributed by atoms with van der Waals surface area (Å²) in [6.07, 6.45) is 5.77. The van der Waals surface area contributed by atoms with E-state index in [-0.39, 0.29) is 0 Å². The molecule has 0 radical (unpaired) electrons. The fraction of sp³-hybridized carbons (Fsp3) is 0.136. The maximum Gasteiger partial charge on any atom is 0.211 e. The van der Waals surface area contributed by atoms with Gasteiger partial charge in [-0.3, -0.25) is 4.98 Å². The minimum atomic E-state index is -1.33. The van der Waals surface area contributed by atoms with E-state index in [1.54, 1.807) is 30.7 Å². The Morgan fingerprint density at radius 1 is 1.00 bits per heavy atom. The number of nitriles is 1. The van der Waals surface area contributed by atoms with Crippen LogP contribution in [0, 0.1) is 11.5 Å². The molecule has 30 heavy (non-hydrogen) atoms. The van der Waals surface area contributed by atoms with E-state index in [4.69, 9.17) is 5.26 Å². The molecule has 0 fully saturated rings. The summed E-state index contributed by atoms with van der Waals surface area (Å²) in [7, 11) is 0. The highest BCUT2D eigenvalue weighted by molar-refractivity contribution is 7.89. The zero-order valence-corrected chi connectivity index (χ0v) is 17.1. The van der Waals surface area contributed by atoms with Crippen molar-refractivity contribution >= 4 is 23.0 Å². The molecule has 7 nitrogen and oxygen atoms in total. The Bertz CT molecular complexity index is 991. The van der Waals surface area contributed by atoms with Crippen LogP contribution in [0.2, 0.25) is 0 Å². The first kappa shape index (κ1) is 21.3. The van der Waals surface area contributed by atoms with Crippen LogP contribution in [0.5, 0.6) is 0 Å². The number of guanidine groups is 1. The summed E-state index contributed by atoms with van der Waals surface area (Å²) >= 11 is -1.33. The highest BCUT2D eigenvalue weighted by Gasteiger charge is 2.16. The fourth-order valence-corrected chi connectivity index (χ4v) is 3.83. The summed E-state index contributed by atoms with van der Waals surface area (Å²) in [6, 6.07) is 21.1. The Morgan fingerprint density at radius 3 is 2.50 bits per heavy atom. The van der Waals surface area contributed by atoms with Crippen LogP contribution in [0.3, 0.4) is 0 Å². The van der Waals surface area contributed by atoms with Crippen molar-refractivity contribution < 1.29 is 4.55 Å². The average molecular weight is 419 g/mol. The normalized spacial score (nSPS) is 12.1. The molecule has 1 heterocycles. The molecular formula is C22H22N6OS. The van der Waals surface area contributed by atoms with Gasteiger partial charge in [-0.15, -0.1) is 9.71 Å². The third-order valence-electron chi connectivity index (χ3n) is 4.16. The van der Waals surface area contributed by atoms with E-state index in [0.717, 1.165) is 21.7 Å². The number of aromatic nitrogens is 1. The second-order valence-electron chi connectivity index (χ2n) is 6.23. The molecule has 0 saturated carbocycles. The lowest BCUT2D eigenvalue weighted by Gasteiger charge is -2.15. The summed E-state index contributed by atoms with van der Waals surface area (Å²) in [4.78, 5) is 8.45. The van der Waals surface area contributed by atoms with E-state index in [2.05, 4.69) is 25.3 Å². The van der Waals surface area contributed by atoms with Crippen LogP contribution in [0.15, 0.2) is 89.0 Å². The molecule has 0 saturated heterocycles. The van der Waals surface area contributed by atoms with Crippen molar-refractivity contribution in [1.29, 1.82) is 5.26 Å². The molecule has 2 aromatic carbocycles. The van der Waals surface area contributed by atoms with E-state index in [1.807, 2.05) is 54.6 Å². The summed E-state index contributed by atoms with van der Waals surface area (Å²) < 4.78 is 15.8. The molecule has 3 aromatic rings. The van der Waals surface area contributed by atoms with Crippen molar-refractivity contribution in [2.45, 2.75) is 11.3 Å². The van der Waals surface area contributed by atoms with Gasteiger partial charge < -0.3 is 15.2 Å². The van der Waals surface area contributed by atoms with Crippen LogP contribution in [0.25, 0.3) is 11.1 Å². The molecule has 0 aliphatic rings. The Labute approximate surface area is 179 Å². The van der Waals surface area contributed by atoms with Gasteiger partial charge in [-0.05, 0) is 36.2 Å². The minimum Gasteiger partial charge on any atom is -0.593 e. The van der Waals surface area contributed by atoms with E-state index in [1.165, 1.54) is 0 Å². The second-order valence-corrected chi connectivity index (χ2v) is 7.49. The first-order chi connectivity index (χ1) is 14.8. The maximum atomic E-state index is 12.8. The van der Waals surface area contributed by atoms with Gasteiger partial charge in [0.15, 0.2) is 4.90 Å². The topological polar surface area (TPSA) is 108 Å². The van der Waals surface area contributed by atoms with Crippen LogP contribution < -0.4 is 15.4 Å². The Morgan fingerprint density at radius 2 is 1.73 bits per heavy atom. The number of aliphatic imine (C=N–C) groups is 1. The molecular weight excluding hydrogens is 396 g/mol. The van der Waals surface area contributed by atoms with E-state index >= 15 is 0 Å². The van der Waals surface area contributed by atoms with Gasteiger partial charge in [0, 0.05) is 36.7 Å². The maximum absolute atomic E-state index is 12.8. The quantitative estimate of drug-likeness (QED) is 0.170. The monoisotopic (exact) mass is 418 g/mol. The summed E-state index contributed by atoms with van der Waals surface area (Å²) in [5, 5.41) is 15.0. The zero-order valence-electron chi connectivity index (χ0n) is 16.3. The van der Waals surface area contributed by atoms with E-state index < -0.39 is 11.4 Å². The molecule has 1 unspecified atom stereocenters. The number of hydrogen-bond donors (Lipinski definition) is 3. The van der Waals surface area contributed by atoms with Gasteiger partial charge in [-0.25, -0.2) is 0 Å². The third kappa shape index (κ3) is 6.32. The molecule has 1 atom stereocenters. The molecule has 0 amide bonds. The number of pyridine rings is 1. The number of benzene rings is 2. The fourth-order valence-electron chi connectivity index (χ4n) is 2.76. The lowest BCUT2D eigenvalue weighted by molar-refractivity contribution is 0.578. The zero-order chi connectivity index (χ0) is 21.0. The molecule has 3 N–H and O–H groups in total. The van der Waals surface area contributed by atoms with Gasteiger partial charge in [-0.2, -0.15) is 5.26 Å². The Hall–Kier alpha value is -3.38. The van der Waals surface area contributed by atoms with E-state index in [0.29, 0.717) is 25.5 Å². The molecule has 3 rings (SSSR count). The molecule has 1 aromatic heterocycles. The van der Waals surface area contributed by atoms with Crippen molar-refractivity contribution in [2.75, 3.05) is 18.4 Å². The summed E-state index contributed by atoms with van der Waals surface area (Å²) in [5.41, 5.74) is 2.76. The highest BCUT2D eigenvalue weighted by Crippen LogP contribution is 2.26. The summed E-state index contributed by atoms with van der Waals surface area (Å²) in [6.45, 7) is 1.10. The lowest BCUT2D eigenvalue weighted by atomic mass is 10.1. The lowest BCUT2D eigenvalue weighted by Crippen LogP contribution is -2.33. The first-order valence-electron chi connectivity index (χ1n) is 9.45.